The van der Waals surface area contributed by atoms with Crippen LogP contribution in [0.25, 0.3) is 0 Å². The quantitative estimate of drug-likeness (QED) is 0.788. The van der Waals surface area contributed by atoms with E-state index in [2.05, 4.69) is 10.6 Å². The topological polar surface area (TPSA) is 67.4 Å². The van der Waals surface area contributed by atoms with Gasteiger partial charge in [0, 0.05) is 23.0 Å². The van der Waals surface area contributed by atoms with Crippen molar-refractivity contribution in [2.45, 2.75) is 32.8 Å². The van der Waals surface area contributed by atoms with Gasteiger partial charge in [0.1, 0.15) is 5.75 Å². The van der Waals surface area contributed by atoms with E-state index in [1.165, 1.54) is 4.88 Å². The smallest absolute Gasteiger partial charge is 0.313 e. The van der Waals surface area contributed by atoms with Crippen LogP contribution in [0.4, 0.5) is 5.69 Å². The molecule has 0 saturated carbocycles. The van der Waals surface area contributed by atoms with Gasteiger partial charge in [-0.15, -0.1) is 11.3 Å². The van der Waals surface area contributed by atoms with Crippen LogP contribution in [0.15, 0.2) is 41.8 Å². The van der Waals surface area contributed by atoms with Gasteiger partial charge in [0.15, 0.2) is 0 Å². The van der Waals surface area contributed by atoms with Gasteiger partial charge in [-0.3, -0.25) is 9.59 Å². The molecule has 1 atom stereocenters. The van der Waals surface area contributed by atoms with E-state index in [4.69, 9.17) is 4.74 Å². The average molecular weight is 346 g/mol. The molecule has 0 saturated heterocycles. The zero-order chi connectivity index (χ0) is 17.5. The maximum absolute atomic E-state index is 11.9. The Labute approximate surface area is 146 Å². The first-order valence-electron chi connectivity index (χ1n) is 7.85. The minimum absolute atomic E-state index is 0.0848. The van der Waals surface area contributed by atoms with Crippen LogP contribution in [-0.4, -0.2) is 24.5 Å². The first-order valence-corrected chi connectivity index (χ1v) is 8.73. The van der Waals surface area contributed by atoms with Crippen LogP contribution < -0.4 is 15.4 Å². The summed E-state index contributed by atoms with van der Waals surface area (Å²) in [6, 6.07) is 10.9. The molecule has 1 unspecified atom stereocenters. The molecule has 1 heterocycles. The number of thiophene rings is 1. The minimum Gasteiger partial charge on any atom is -0.491 e. The van der Waals surface area contributed by atoms with Gasteiger partial charge in [-0.2, -0.15) is 0 Å². The van der Waals surface area contributed by atoms with Crippen LogP contribution in [0, 0.1) is 0 Å². The Kier molecular flexibility index (Phi) is 6.37. The summed E-state index contributed by atoms with van der Waals surface area (Å²) in [5.74, 6) is -0.418. The third-order valence-electron chi connectivity index (χ3n) is 3.29. The number of amides is 2. The maximum atomic E-state index is 11.9. The standard InChI is InChI=1S/C18H22N2O3S/c1-12(2)23-15-8-6-14(7-9-15)20-18(22)17(21)19-11-13(3)16-5-4-10-24-16/h4-10,12-13H,11H2,1-3H3,(H,19,21)(H,20,22). The lowest BCUT2D eigenvalue weighted by molar-refractivity contribution is -0.136. The summed E-state index contributed by atoms with van der Waals surface area (Å²) in [7, 11) is 0. The SMILES string of the molecule is CC(C)Oc1ccc(NC(=O)C(=O)NCC(C)c2cccs2)cc1. The second-order valence-electron chi connectivity index (χ2n) is 5.77. The summed E-state index contributed by atoms with van der Waals surface area (Å²) in [5.41, 5.74) is 0.553. The van der Waals surface area contributed by atoms with Crippen molar-refractivity contribution < 1.29 is 14.3 Å². The van der Waals surface area contributed by atoms with E-state index in [-0.39, 0.29) is 12.0 Å². The van der Waals surface area contributed by atoms with Gasteiger partial charge in [0.05, 0.1) is 6.10 Å². The summed E-state index contributed by atoms with van der Waals surface area (Å²) in [6.45, 7) is 6.32. The molecule has 128 valence electrons. The predicted octanol–water partition coefficient (Wildman–Crippen LogP) is 3.39. The molecule has 5 nitrogen and oxygen atoms in total. The lowest BCUT2D eigenvalue weighted by Gasteiger charge is -2.12. The third kappa shape index (κ3) is 5.38. The molecule has 2 rings (SSSR count). The molecule has 24 heavy (non-hydrogen) atoms. The Hall–Kier alpha value is -2.34. The predicted molar refractivity (Wildman–Crippen MR) is 96.6 cm³/mol. The molecule has 2 amide bonds. The zero-order valence-electron chi connectivity index (χ0n) is 14.0. The first kappa shape index (κ1) is 18.0. The van der Waals surface area contributed by atoms with Crippen molar-refractivity contribution in [2.24, 2.45) is 0 Å². The Balaban J connectivity index is 1.81. The number of anilines is 1. The highest BCUT2D eigenvalue weighted by molar-refractivity contribution is 7.10. The normalized spacial score (nSPS) is 11.8. The first-order chi connectivity index (χ1) is 11.5. The van der Waals surface area contributed by atoms with E-state index in [0.717, 1.165) is 5.75 Å². The van der Waals surface area contributed by atoms with Crippen molar-refractivity contribution in [1.29, 1.82) is 0 Å². The van der Waals surface area contributed by atoms with Crippen molar-refractivity contribution in [3.63, 3.8) is 0 Å². The molecular formula is C18H22N2O3S. The van der Waals surface area contributed by atoms with E-state index in [1.807, 2.05) is 38.3 Å². The monoisotopic (exact) mass is 346 g/mol. The number of ether oxygens (including phenoxy) is 1. The van der Waals surface area contributed by atoms with Crippen molar-refractivity contribution in [3.05, 3.63) is 46.7 Å². The van der Waals surface area contributed by atoms with Gasteiger partial charge < -0.3 is 15.4 Å². The molecule has 0 aliphatic heterocycles. The highest BCUT2D eigenvalue weighted by Gasteiger charge is 2.15. The van der Waals surface area contributed by atoms with Crippen LogP contribution in [0.2, 0.25) is 0 Å². The van der Waals surface area contributed by atoms with Crippen LogP contribution in [0.3, 0.4) is 0 Å². The van der Waals surface area contributed by atoms with Crippen molar-refractivity contribution in [2.75, 3.05) is 11.9 Å². The molecule has 1 aromatic heterocycles. The summed E-state index contributed by atoms with van der Waals surface area (Å²) < 4.78 is 5.53. The van der Waals surface area contributed by atoms with E-state index >= 15 is 0 Å². The van der Waals surface area contributed by atoms with Crippen LogP contribution in [0.5, 0.6) is 5.75 Å². The third-order valence-corrected chi connectivity index (χ3v) is 4.39. The minimum atomic E-state index is -0.675. The van der Waals surface area contributed by atoms with Gasteiger partial charge in [0.25, 0.3) is 0 Å². The average Bonchev–Trinajstić information content (AvgIpc) is 3.08. The molecule has 0 aliphatic carbocycles. The van der Waals surface area contributed by atoms with Crippen molar-refractivity contribution >= 4 is 28.8 Å². The summed E-state index contributed by atoms with van der Waals surface area (Å²) in [4.78, 5) is 25.0. The maximum Gasteiger partial charge on any atom is 0.313 e. The highest BCUT2D eigenvalue weighted by Crippen LogP contribution is 2.19. The lowest BCUT2D eigenvalue weighted by atomic mass is 10.1. The van der Waals surface area contributed by atoms with Crippen LogP contribution in [-0.2, 0) is 9.59 Å². The van der Waals surface area contributed by atoms with Gasteiger partial charge in [-0.05, 0) is 49.6 Å². The fourth-order valence-electron chi connectivity index (χ4n) is 2.08. The number of carbonyl (C=O) groups excluding carboxylic acids is 2. The molecule has 0 fully saturated rings. The molecule has 0 aliphatic rings. The Morgan fingerprint density at radius 1 is 1.08 bits per heavy atom. The molecule has 2 aromatic rings. The van der Waals surface area contributed by atoms with Crippen LogP contribution >= 0.6 is 11.3 Å². The van der Waals surface area contributed by atoms with Gasteiger partial charge >= 0.3 is 11.8 Å². The summed E-state index contributed by atoms with van der Waals surface area (Å²) >= 11 is 1.64. The Bertz CT molecular complexity index is 666. The Morgan fingerprint density at radius 2 is 1.79 bits per heavy atom. The van der Waals surface area contributed by atoms with Crippen molar-refractivity contribution in [1.82, 2.24) is 5.32 Å². The molecule has 0 spiro atoms. The van der Waals surface area contributed by atoms with E-state index in [1.54, 1.807) is 35.6 Å². The number of rotatable bonds is 6. The largest absolute Gasteiger partial charge is 0.491 e. The molecule has 1 aromatic carbocycles. The van der Waals surface area contributed by atoms with Gasteiger partial charge in [-0.1, -0.05) is 13.0 Å². The highest BCUT2D eigenvalue weighted by atomic mass is 32.1. The van der Waals surface area contributed by atoms with Gasteiger partial charge in [-0.25, -0.2) is 0 Å². The molecule has 2 N–H and O–H groups in total. The molecule has 6 heteroatoms. The number of benzene rings is 1. The number of hydrogen-bond donors (Lipinski definition) is 2. The fraction of sp³-hybridized carbons (Fsp3) is 0.333. The van der Waals surface area contributed by atoms with Crippen molar-refractivity contribution in [3.8, 4) is 5.75 Å². The van der Waals surface area contributed by atoms with Crippen LogP contribution in [0.1, 0.15) is 31.6 Å². The fourth-order valence-corrected chi connectivity index (χ4v) is 2.86. The zero-order valence-corrected chi connectivity index (χ0v) is 14.9. The molecule has 0 radical (unpaired) electrons. The lowest BCUT2D eigenvalue weighted by Crippen LogP contribution is -2.37. The van der Waals surface area contributed by atoms with E-state index in [9.17, 15) is 9.59 Å². The number of nitrogens with one attached hydrogen (secondary N) is 2. The second kappa shape index (κ2) is 8.49. The summed E-state index contributed by atoms with van der Waals surface area (Å²) in [5, 5.41) is 7.23. The Morgan fingerprint density at radius 3 is 2.38 bits per heavy atom. The summed E-state index contributed by atoms with van der Waals surface area (Å²) in [6.07, 6.45) is 0.0848. The van der Waals surface area contributed by atoms with E-state index < -0.39 is 11.8 Å². The van der Waals surface area contributed by atoms with Gasteiger partial charge in [0.2, 0.25) is 0 Å². The second-order valence-corrected chi connectivity index (χ2v) is 6.75. The number of hydrogen-bond acceptors (Lipinski definition) is 4. The molecule has 0 bridgehead atoms. The number of carbonyl (C=O) groups is 2. The van der Waals surface area contributed by atoms with E-state index in [0.29, 0.717) is 12.2 Å². The molecular weight excluding hydrogens is 324 g/mol.